The summed E-state index contributed by atoms with van der Waals surface area (Å²) in [5, 5.41) is 0.466. The molecular formula is C14H13F2N3O. The summed E-state index contributed by atoms with van der Waals surface area (Å²) >= 11 is 0. The molecule has 2 heterocycles. The molecule has 2 aromatic rings. The molecule has 0 unspecified atom stereocenters. The number of fused-ring (bicyclic) bond motifs is 1. The molecule has 0 aliphatic carbocycles. The zero-order chi connectivity index (χ0) is 14.3. The fourth-order valence-corrected chi connectivity index (χ4v) is 2.50. The van der Waals surface area contributed by atoms with Gasteiger partial charge in [-0.3, -0.25) is 4.79 Å². The molecule has 0 amide bonds. The molecule has 0 bridgehead atoms. The van der Waals surface area contributed by atoms with Gasteiger partial charge >= 0.3 is 0 Å². The Hall–Kier alpha value is -2.11. The summed E-state index contributed by atoms with van der Waals surface area (Å²) in [6.07, 6.45) is 1.77. The predicted molar refractivity (Wildman–Crippen MR) is 70.5 cm³/mol. The fourth-order valence-electron chi connectivity index (χ4n) is 2.50. The van der Waals surface area contributed by atoms with E-state index in [-0.39, 0.29) is 11.7 Å². The Kier molecular flexibility index (Phi) is 3.08. The van der Waals surface area contributed by atoms with E-state index in [1.165, 1.54) is 6.33 Å². The van der Waals surface area contributed by atoms with Crippen LogP contribution in [0.15, 0.2) is 18.5 Å². The second kappa shape index (κ2) is 4.77. The number of anilines is 1. The predicted octanol–water partition coefficient (Wildman–Crippen LogP) is 2.32. The zero-order valence-corrected chi connectivity index (χ0v) is 10.9. The fraction of sp³-hybridized carbons (Fsp3) is 0.357. The van der Waals surface area contributed by atoms with Gasteiger partial charge in [0.1, 0.15) is 17.9 Å². The molecule has 1 aliphatic heterocycles. The molecule has 1 aromatic heterocycles. The van der Waals surface area contributed by atoms with Gasteiger partial charge in [-0.2, -0.15) is 0 Å². The van der Waals surface area contributed by atoms with Crippen molar-refractivity contribution in [3.05, 3.63) is 30.1 Å². The highest BCUT2D eigenvalue weighted by atomic mass is 19.2. The summed E-state index contributed by atoms with van der Waals surface area (Å²) in [5.74, 6) is -1.16. The standard InChI is InChI=1S/C14H13F2N3O/c1-8-6-19(3-2-13(8)20)14-9-4-10(15)11(16)5-12(9)17-7-18-14/h4-5,7-8H,2-3,6H2,1H3/t8-/m1/s1. The summed E-state index contributed by atoms with van der Waals surface area (Å²) in [4.78, 5) is 21.6. The first-order chi connectivity index (χ1) is 9.56. The van der Waals surface area contributed by atoms with E-state index in [0.29, 0.717) is 36.2 Å². The molecule has 3 rings (SSSR count). The van der Waals surface area contributed by atoms with Gasteiger partial charge in [0, 0.05) is 36.9 Å². The Bertz CT molecular complexity index is 689. The number of ketones is 1. The smallest absolute Gasteiger partial charge is 0.161 e. The van der Waals surface area contributed by atoms with Gasteiger partial charge in [0.05, 0.1) is 5.52 Å². The van der Waals surface area contributed by atoms with E-state index in [9.17, 15) is 13.6 Å². The molecule has 1 atom stereocenters. The maximum Gasteiger partial charge on any atom is 0.161 e. The van der Waals surface area contributed by atoms with Crippen LogP contribution in [-0.2, 0) is 4.79 Å². The van der Waals surface area contributed by atoms with Crippen molar-refractivity contribution in [3.63, 3.8) is 0 Å². The Balaban J connectivity index is 2.07. The molecule has 104 valence electrons. The molecule has 4 nitrogen and oxygen atoms in total. The van der Waals surface area contributed by atoms with Crippen LogP contribution in [0.5, 0.6) is 0 Å². The van der Waals surface area contributed by atoms with Crippen molar-refractivity contribution in [3.8, 4) is 0 Å². The average Bonchev–Trinajstić information content (AvgIpc) is 2.43. The zero-order valence-electron chi connectivity index (χ0n) is 10.9. The molecule has 0 radical (unpaired) electrons. The molecule has 1 aliphatic rings. The van der Waals surface area contributed by atoms with E-state index in [1.807, 2.05) is 11.8 Å². The third-order valence-electron chi connectivity index (χ3n) is 3.63. The van der Waals surface area contributed by atoms with Crippen molar-refractivity contribution in [2.75, 3.05) is 18.0 Å². The van der Waals surface area contributed by atoms with Crippen LogP contribution in [0, 0.1) is 17.6 Å². The minimum absolute atomic E-state index is 0.0842. The van der Waals surface area contributed by atoms with Gasteiger partial charge in [0.2, 0.25) is 0 Å². The lowest BCUT2D eigenvalue weighted by atomic mass is 9.98. The number of hydrogen-bond donors (Lipinski definition) is 0. The highest BCUT2D eigenvalue weighted by Gasteiger charge is 2.25. The lowest BCUT2D eigenvalue weighted by Gasteiger charge is -2.31. The largest absolute Gasteiger partial charge is 0.355 e. The highest BCUT2D eigenvalue weighted by molar-refractivity contribution is 5.91. The van der Waals surface area contributed by atoms with Crippen LogP contribution >= 0.6 is 0 Å². The van der Waals surface area contributed by atoms with Crippen LogP contribution in [0.4, 0.5) is 14.6 Å². The number of carbonyl (C=O) groups is 1. The third kappa shape index (κ3) is 2.11. The maximum atomic E-state index is 13.4. The monoisotopic (exact) mass is 277 g/mol. The van der Waals surface area contributed by atoms with Crippen molar-refractivity contribution in [2.45, 2.75) is 13.3 Å². The number of benzene rings is 1. The molecular weight excluding hydrogens is 264 g/mol. The molecule has 0 spiro atoms. The molecule has 0 saturated carbocycles. The van der Waals surface area contributed by atoms with Crippen LogP contribution in [-0.4, -0.2) is 28.8 Å². The minimum atomic E-state index is -0.927. The maximum absolute atomic E-state index is 13.4. The van der Waals surface area contributed by atoms with Crippen LogP contribution in [0.3, 0.4) is 0 Å². The summed E-state index contributed by atoms with van der Waals surface area (Å²) in [5.41, 5.74) is 0.360. The molecule has 0 N–H and O–H groups in total. The van der Waals surface area contributed by atoms with Gasteiger partial charge in [-0.25, -0.2) is 18.7 Å². The van der Waals surface area contributed by atoms with E-state index < -0.39 is 11.6 Å². The Labute approximate surface area is 114 Å². The van der Waals surface area contributed by atoms with Gasteiger partial charge in [-0.1, -0.05) is 6.92 Å². The van der Waals surface area contributed by atoms with E-state index in [1.54, 1.807) is 0 Å². The molecule has 1 aromatic carbocycles. The number of aromatic nitrogens is 2. The van der Waals surface area contributed by atoms with Crippen molar-refractivity contribution in [1.29, 1.82) is 0 Å². The number of nitrogens with zero attached hydrogens (tertiary/aromatic N) is 3. The van der Waals surface area contributed by atoms with Gasteiger partial charge in [0.25, 0.3) is 0 Å². The van der Waals surface area contributed by atoms with Crippen molar-refractivity contribution < 1.29 is 13.6 Å². The SMILES string of the molecule is C[C@@H]1CN(c2ncnc3cc(F)c(F)cc23)CCC1=O. The lowest BCUT2D eigenvalue weighted by molar-refractivity contribution is -0.122. The van der Waals surface area contributed by atoms with Gasteiger partial charge in [-0.05, 0) is 6.07 Å². The van der Waals surface area contributed by atoms with Crippen LogP contribution in [0.1, 0.15) is 13.3 Å². The summed E-state index contributed by atoms with van der Waals surface area (Å²) in [7, 11) is 0. The summed E-state index contributed by atoms with van der Waals surface area (Å²) in [6.45, 7) is 2.93. The van der Waals surface area contributed by atoms with Crippen LogP contribution in [0.25, 0.3) is 10.9 Å². The van der Waals surface area contributed by atoms with E-state index in [4.69, 9.17) is 0 Å². The number of hydrogen-bond acceptors (Lipinski definition) is 4. The molecule has 6 heteroatoms. The van der Waals surface area contributed by atoms with Crippen molar-refractivity contribution in [2.24, 2.45) is 5.92 Å². The average molecular weight is 277 g/mol. The van der Waals surface area contributed by atoms with E-state index in [0.717, 1.165) is 12.1 Å². The van der Waals surface area contributed by atoms with E-state index >= 15 is 0 Å². The number of rotatable bonds is 1. The van der Waals surface area contributed by atoms with Gasteiger partial charge in [0.15, 0.2) is 11.6 Å². The Morgan fingerprint density at radius 1 is 1.25 bits per heavy atom. The normalized spacial score (nSPS) is 19.6. The quantitative estimate of drug-likeness (QED) is 0.802. The van der Waals surface area contributed by atoms with Crippen LogP contribution in [0.2, 0.25) is 0 Å². The van der Waals surface area contributed by atoms with E-state index in [2.05, 4.69) is 9.97 Å². The molecule has 1 fully saturated rings. The van der Waals surface area contributed by atoms with Gasteiger partial charge in [-0.15, -0.1) is 0 Å². The number of carbonyl (C=O) groups excluding carboxylic acids is 1. The third-order valence-corrected chi connectivity index (χ3v) is 3.63. The van der Waals surface area contributed by atoms with Crippen molar-refractivity contribution in [1.82, 2.24) is 9.97 Å². The number of piperidine rings is 1. The number of halogens is 2. The first-order valence-electron chi connectivity index (χ1n) is 6.43. The summed E-state index contributed by atoms with van der Waals surface area (Å²) in [6, 6.07) is 2.18. The Morgan fingerprint density at radius 2 is 2.00 bits per heavy atom. The minimum Gasteiger partial charge on any atom is -0.355 e. The second-order valence-corrected chi connectivity index (χ2v) is 5.04. The highest BCUT2D eigenvalue weighted by Crippen LogP contribution is 2.27. The first kappa shape index (κ1) is 12.9. The topological polar surface area (TPSA) is 46.1 Å². The van der Waals surface area contributed by atoms with Gasteiger partial charge < -0.3 is 4.90 Å². The van der Waals surface area contributed by atoms with Crippen molar-refractivity contribution >= 4 is 22.5 Å². The number of Topliss-reactive ketones (excluding diaryl/α,β-unsaturated/α-hetero) is 1. The Morgan fingerprint density at radius 3 is 2.75 bits per heavy atom. The second-order valence-electron chi connectivity index (χ2n) is 5.04. The molecule has 1 saturated heterocycles. The molecule has 20 heavy (non-hydrogen) atoms. The first-order valence-corrected chi connectivity index (χ1v) is 6.43. The summed E-state index contributed by atoms with van der Waals surface area (Å²) < 4.78 is 26.7. The van der Waals surface area contributed by atoms with Crippen LogP contribution < -0.4 is 4.90 Å². The lowest BCUT2D eigenvalue weighted by Crippen LogP contribution is -2.40.